The van der Waals surface area contributed by atoms with Crippen LogP contribution in [0.2, 0.25) is 5.02 Å². The molecule has 0 aliphatic carbocycles. The van der Waals surface area contributed by atoms with Crippen molar-refractivity contribution in [2.75, 3.05) is 0 Å². The summed E-state index contributed by atoms with van der Waals surface area (Å²) >= 11 is 6.06. The van der Waals surface area contributed by atoms with E-state index in [0.29, 0.717) is 15.3 Å². The Labute approximate surface area is 127 Å². The van der Waals surface area contributed by atoms with Gasteiger partial charge in [-0.2, -0.15) is 4.73 Å². The SMILES string of the molecule is C/C(=C\C(=O)OCc1ccc[n+]([O-])c1)c1ccccc1Cl. The summed E-state index contributed by atoms with van der Waals surface area (Å²) in [6.07, 6.45) is 4.11. The normalized spacial score (nSPS) is 11.2. The molecule has 0 unspecified atom stereocenters. The van der Waals surface area contributed by atoms with Gasteiger partial charge in [0.1, 0.15) is 6.61 Å². The average Bonchev–Trinajstić information content (AvgIpc) is 2.45. The second kappa shape index (κ2) is 6.90. The van der Waals surface area contributed by atoms with Gasteiger partial charge in [-0.05, 0) is 30.2 Å². The lowest BCUT2D eigenvalue weighted by Gasteiger charge is -2.05. The highest BCUT2D eigenvalue weighted by Crippen LogP contribution is 2.23. The van der Waals surface area contributed by atoms with Gasteiger partial charge in [-0.15, -0.1) is 0 Å². The number of halogens is 1. The number of carbonyl (C=O) groups excluding carboxylic acids is 1. The molecule has 1 heterocycles. The standard InChI is InChI=1S/C16H14ClNO3/c1-12(14-6-2-3-7-15(14)17)9-16(19)21-11-13-5-4-8-18(20)10-13/h2-10H,11H2,1H3/b12-9+. The number of ether oxygens (including phenoxy) is 1. The van der Waals surface area contributed by atoms with E-state index < -0.39 is 5.97 Å². The third-order valence-electron chi connectivity index (χ3n) is 2.85. The number of nitrogens with zero attached hydrogens (tertiary/aromatic N) is 1. The molecular weight excluding hydrogens is 290 g/mol. The Kier molecular flexibility index (Phi) is 4.95. The third kappa shape index (κ3) is 4.33. The van der Waals surface area contributed by atoms with Crippen LogP contribution in [-0.4, -0.2) is 5.97 Å². The van der Waals surface area contributed by atoms with Gasteiger partial charge in [0.05, 0.1) is 5.56 Å². The van der Waals surface area contributed by atoms with E-state index >= 15 is 0 Å². The third-order valence-corrected chi connectivity index (χ3v) is 3.18. The van der Waals surface area contributed by atoms with Gasteiger partial charge in [-0.25, -0.2) is 4.79 Å². The number of carbonyl (C=O) groups is 1. The zero-order chi connectivity index (χ0) is 15.2. The summed E-state index contributed by atoms with van der Waals surface area (Å²) in [5.41, 5.74) is 2.13. The Bertz CT molecular complexity index is 683. The van der Waals surface area contributed by atoms with Crippen LogP contribution in [0.15, 0.2) is 54.9 Å². The average molecular weight is 304 g/mol. The Morgan fingerprint density at radius 2 is 2.10 bits per heavy atom. The molecule has 0 radical (unpaired) electrons. The van der Waals surface area contributed by atoms with Gasteiger partial charge >= 0.3 is 5.97 Å². The van der Waals surface area contributed by atoms with Crippen LogP contribution in [0.5, 0.6) is 0 Å². The lowest BCUT2D eigenvalue weighted by Crippen LogP contribution is -2.25. The molecule has 0 fully saturated rings. The Hall–Kier alpha value is -2.33. The zero-order valence-electron chi connectivity index (χ0n) is 11.5. The fraction of sp³-hybridized carbons (Fsp3) is 0.125. The topological polar surface area (TPSA) is 53.2 Å². The van der Waals surface area contributed by atoms with E-state index in [0.717, 1.165) is 11.1 Å². The number of rotatable bonds is 4. The zero-order valence-corrected chi connectivity index (χ0v) is 12.2. The van der Waals surface area contributed by atoms with E-state index in [9.17, 15) is 10.0 Å². The monoisotopic (exact) mass is 303 g/mol. The fourth-order valence-corrected chi connectivity index (χ4v) is 2.10. The van der Waals surface area contributed by atoms with Crippen molar-refractivity contribution in [1.82, 2.24) is 0 Å². The Balaban J connectivity index is 2.01. The molecule has 0 aliphatic rings. The maximum atomic E-state index is 11.8. The van der Waals surface area contributed by atoms with Crippen LogP contribution in [0.4, 0.5) is 0 Å². The molecule has 5 heteroatoms. The van der Waals surface area contributed by atoms with Crippen LogP contribution in [0.25, 0.3) is 5.57 Å². The molecule has 4 nitrogen and oxygen atoms in total. The molecule has 0 amide bonds. The van der Waals surface area contributed by atoms with Crippen molar-refractivity contribution in [1.29, 1.82) is 0 Å². The number of hydrogen-bond donors (Lipinski definition) is 0. The van der Waals surface area contributed by atoms with Crippen molar-refractivity contribution in [3.8, 4) is 0 Å². The van der Waals surface area contributed by atoms with Crippen molar-refractivity contribution in [2.24, 2.45) is 0 Å². The number of pyridine rings is 1. The van der Waals surface area contributed by atoms with Crippen molar-refractivity contribution in [3.63, 3.8) is 0 Å². The highest BCUT2D eigenvalue weighted by atomic mass is 35.5. The van der Waals surface area contributed by atoms with Gasteiger partial charge in [-0.3, -0.25) is 0 Å². The van der Waals surface area contributed by atoms with Gasteiger partial charge < -0.3 is 9.94 Å². The highest BCUT2D eigenvalue weighted by Gasteiger charge is 2.06. The van der Waals surface area contributed by atoms with E-state index in [4.69, 9.17) is 16.3 Å². The first-order valence-corrected chi connectivity index (χ1v) is 6.72. The van der Waals surface area contributed by atoms with Crippen LogP contribution >= 0.6 is 11.6 Å². The first kappa shape index (κ1) is 15.1. The van der Waals surface area contributed by atoms with Gasteiger partial charge in [0.15, 0.2) is 12.4 Å². The first-order chi connectivity index (χ1) is 10.1. The largest absolute Gasteiger partial charge is 0.619 e. The maximum Gasteiger partial charge on any atom is 0.331 e. The quantitative estimate of drug-likeness (QED) is 0.377. The van der Waals surface area contributed by atoms with Crippen molar-refractivity contribution >= 4 is 23.1 Å². The molecule has 0 spiro atoms. The number of aromatic nitrogens is 1. The van der Waals surface area contributed by atoms with Crippen molar-refractivity contribution in [2.45, 2.75) is 13.5 Å². The second-order valence-corrected chi connectivity index (χ2v) is 4.89. The van der Waals surface area contributed by atoms with Crippen LogP contribution in [0, 0.1) is 5.21 Å². The molecule has 1 aromatic heterocycles. The molecule has 0 N–H and O–H groups in total. The van der Waals surface area contributed by atoms with Gasteiger partial charge in [0.25, 0.3) is 0 Å². The molecule has 108 valence electrons. The predicted molar refractivity (Wildman–Crippen MR) is 80.3 cm³/mol. The Morgan fingerprint density at radius 3 is 2.81 bits per heavy atom. The smallest absolute Gasteiger partial charge is 0.331 e. The molecule has 2 rings (SSSR count). The van der Waals surface area contributed by atoms with Gasteiger partial charge in [0.2, 0.25) is 0 Å². The molecule has 0 saturated heterocycles. The van der Waals surface area contributed by atoms with Crippen molar-refractivity contribution < 1.29 is 14.3 Å². The summed E-state index contributed by atoms with van der Waals surface area (Å²) in [5.74, 6) is -0.478. The molecule has 0 atom stereocenters. The first-order valence-electron chi connectivity index (χ1n) is 6.34. The molecule has 21 heavy (non-hydrogen) atoms. The van der Waals surface area contributed by atoms with E-state index in [1.54, 1.807) is 25.1 Å². The molecule has 1 aromatic carbocycles. The summed E-state index contributed by atoms with van der Waals surface area (Å²) in [6.45, 7) is 1.84. The molecule has 0 aliphatic heterocycles. The lowest BCUT2D eigenvalue weighted by atomic mass is 10.1. The summed E-state index contributed by atoms with van der Waals surface area (Å²) < 4.78 is 5.77. The summed E-state index contributed by atoms with van der Waals surface area (Å²) in [4.78, 5) is 11.8. The van der Waals surface area contributed by atoms with E-state index in [-0.39, 0.29) is 6.61 Å². The van der Waals surface area contributed by atoms with Gasteiger partial charge in [-0.1, -0.05) is 29.8 Å². The van der Waals surface area contributed by atoms with Crippen LogP contribution < -0.4 is 4.73 Å². The van der Waals surface area contributed by atoms with Gasteiger partial charge in [0, 0.05) is 17.2 Å². The number of hydrogen-bond acceptors (Lipinski definition) is 3. The fourth-order valence-electron chi connectivity index (χ4n) is 1.82. The minimum absolute atomic E-state index is 0.0498. The minimum Gasteiger partial charge on any atom is -0.619 e. The van der Waals surface area contributed by atoms with E-state index in [2.05, 4.69) is 0 Å². The number of esters is 1. The van der Waals surface area contributed by atoms with Crippen LogP contribution in [0.3, 0.4) is 0 Å². The number of benzene rings is 1. The summed E-state index contributed by atoms with van der Waals surface area (Å²) in [6, 6.07) is 10.6. The minimum atomic E-state index is -0.478. The second-order valence-electron chi connectivity index (χ2n) is 4.49. The van der Waals surface area contributed by atoms with Crippen LogP contribution in [-0.2, 0) is 16.1 Å². The molecular formula is C16H14ClNO3. The summed E-state index contributed by atoms with van der Waals surface area (Å²) in [7, 11) is 0. The van der Waals surface area contributed by atoms with E-state index in [1.807, 2.05) is 18.2 Å². The highest BCUT2D eigenvalue weighted by molar-refractivity contribution is 6.32. The lowest BCUT2D eigenvalue weighted by molar-refractivity contribution is -0.606. The summed E-state index contributed by atoms with van der Waals surface area (Å²) in [5, 5.41) is 11.7. The molecule has 0 saturated carbocycles. The molecule has 0 bridgehead atoms. The maximum absolute atomic E-state index is 11.8. The molecule has 2 aromatic rings. The van der Waals surface area contributed by atoms with Crippen LogP contribution in [0.1, 0.15) is 18.1 Å². The predicted octanol–water partition coefficient (Wildman–Crippen LogP) is 3.12. The Morgan fingerprint density at radius 1 is 1.33 bits per heavy atom. The van der Waals surface area contributed by atoms with Crippen molar-refractivity contribution in [3.05, 3.63) is 76.2 Å². The van der Waals surface area contributed by atoms with E-state index in [1.165, 1.54) is 18.5 Å². The number of allylic oxidation sites excluding steroid dienone is 1.